The molecule has 7 heteroatoms. The molecule has 148 valence electrons. The molecule has 0 amide bonds. The van der Waals surface area contributed by atoms with Crippen LogP contribution in [0.5, 0.6) is 0 Å². The van der Waals surface area contributed by atoms with Crippen LogP contribution in [0.4, 0.5) is 0 Å². The summed E-state index contributed by atoms with van der Waals surface area (Å²) < 4.78 is 0. The van der Waals surface area contributed by atoms with E-state index >= 15 is 0 Å². The molecule has 0 spiro atoms. The number of nitrogens with two attached hydrogens (primary N) is 1. The molecule has 5 nitrogen and oxygen atoms in total. The van der Waals surface area contributed by atoms with Crippen LogP contribution in [0.25, 0.3) is 0 Å². The van der Waals surface area contributed by atoms with Crippen molar-refractivity contribution in [1.29, 1.82) is 0 Å². The molecule has 1 saturated heterocycles. The van der Waals surface area contributed by atoms with Crippen LogP contribution < -0.4 is 11.1 Å². The second-order valence-corrected chi connectivity index (χ2v) is 7.89. The Morgan fingerprint density at radius 2 is 1.81 bits per heavy atom. The first kappa shape index (κ1) is 22.1. The van der Waals surface area contributed by atoms with Crippen LogP contribution in [0.2, 0.25) is 0 Å². The minimum Gasteiger partial charge on any atom is -0.370 e. The number of guanidine groups is 1. The Morgan fingerprint density at radius 3 is 2.48 bits per heavy atom. The third kappa shape index (κ3) is 7.77. The van der Waals surface area contributed by atoms with Crippen molar-refractivity contribution < 1.29 is 0 Å². The molecular weight excluding hydrogens is 469 g/mol. The first-order valence-electron chi connectivity index (χ1n) is 9.24. The molecule has 2 aromatic rings. The summed E-state index contributed by atoms with van der Waals surface area (Å²) in [5.41, 5.74) is 8.51. The number of nitrogens with zero attached hydrogens (tertiary/aromatic N) is 3. The monoisotopic (exact) mass is 499 g/mol. The van der Waals surface area contributed by atoms with Crippen LogP contribution >= 0.6 is 35.3 Å². The largest absolute Gasteiger partial charge is 0.370 e. The fourth-order valence-electron chi connectivity index (χ4n) is 3.02. The number of halogens is 1. The van der Waals surface area contributed by atoms with E-state index in [1.165, 1.54) is 16.0 Å². The Kier molecular flexibility index (Phi) is 9.53. The van der Waals surface area contributed by atoms with E-state index in [1.54, 1.807) is 11.3 Å². The molecule has 2 heterocycles. The van der Waals surface area contributed by atoms with Gasteiger partial charge in [0.05, 0.1) is 6.54 Å². The average molecular weight is 499 g/mol. The zero-order chi connectivity index (χ0) is 18.2. The third-order valence-corrected chi connectivity index (χ3v) is 5.65. The van der Waals surface area contributed by atoms with Crippen LogP contribution in [0.3, 0.4) is 0 Å². The van der Waals surface area contributed by atoms with Gasteiger partial charge in [-0.15, -0.1) is 35.3 Å². The van der Waals surface area contributed by atoms with Crippen LogP contribution in [0.15, 0.2) is 46.8 Å². The van der Waals surface area contributed by atoms with Gasteiger partial charge in [0.15, 0.2) is 5.96 Å². The second kappa shape index (κ2) is 11.6. The molecule has 27 heavy (non-hydrogen) atoms. The fraction of sp³-hybridized carbons (Fsp3) is 0.450. The van der Waals surface area contributed by atoms with E-state index in [2.05, 4.69) is 68.9 Å². The summed E-state index contributed by atoms with van der Waals surface area (Å²) in [4.78, 5) is 10.7. The Hall–Kier alpha value is -1.16. The summed E-state index contributed by atoms with van der Waals surface area (Å²) in [6, 6.07) is 13.0. The van der Waals surface area contributed by atoms with Gasteiger partial charge in [0, 0.05) is 44.1 Å². The number of aliphatic imine (C=N–C) groups is 1. The van der Waals surface area contributed by atoms with Gasteiger partial charge in [-0.25, -0.2) is 4.99 Å². The van der Waals surface area contributed by atoms with E-state index < -0.39 is 0 Å². The van der Waals surface area contributed by atoms with Gasteiger partial charge in [-0.2, -0.15) is 0 Å². The number of nitrogens with one attached hydrogen (secondary N) is 1. The second-order valence-electron chi connectivity index (χ2n) is 6.85. The lowest BCUT2D eigenvalue weighted by atomic mass is 10.1. The molecule has 1 aliphatic rings. The summed E-state index contributed by atoms with van der Waals surface area (Å²) in [6.07, 6.45) is 0.981. The molecule has 3 rings (SSSR count). The van der Waals surface area contributed by atoms with Crippen molar-refractivity contribution in [3.8, 4) is 0 Å². The Balaban J connectivity index is 0.00000261. The molecule has 1 aliphatic heterocycles. The molecule has 0 saturated carbocycles. The van der Waals surface area contributed by atoms with E-state index in [4.69, 9.17) is 5.73 Å². The molecule has 1 aromatic heterocycles. The van der Waals surface area contributed by atoms with Crippen molar-refractivity contribution in [1.82, 2.24) is 15.1 Å². The molecular formula is C20H30IN5S. The van der Waals surface area contributed by atoms with E-state index in [-0.39, 0.29) is 24.0 Å². The summed E-state index contributed by atoms with van der Waals surface area (Å²) in [5.74, 6) is 0.517. The maximum atomic E-state index is 5.96. The van der Waals surface area contributed by atoms with Crippen molar-refractivity contribution in [2.45, 2.75) is 19.5 Å². The average Bonchev–Trinajstić information content (AvgIpc) is 3.16. The first-order chi connectivity index (χ1) is 12.7. The Bertz CT molecular complexity index is 679. The molecule has 3 N–H and O–H groups in total. The maximum Gasteiger partial charge on any atom is 0.188 e. The quantitative estimate of drug-likeness (QED) is 0.350. The predicted octanol–water partition coefficient (Wildman–Crippen LogP) is 2.76. The number of hydrogen-bond acceptors (Lipinski definition) is 4. The lowest BCUT2D eigenvalue weighted by Crippen LogP contribution is -2.43. The fourth-order valence-corrected chi connectivity index (χ4v) is 3.72. The lowest BCUT2D eigenvalue weighted by molar-refractivity contribution is 0.148. The molecule has 0 aliphatic carbocycles. The van der Waals surface area contributed by atoms with E-state index in [1.807, 2.05) is 0 Å². The maximum absolute atomic E-state index is 5.96. The van der Waals surface area contributed by atoms with Crippen molar-refractivity contribution in [2.24, 2.45) is 10.7 Å². The van der Waals surface area contributed by atoms with Crippen LogP contribution in [-0.4, -0.2) is 55.5 Å². The topological polar surface area (TPSA) is 56.9 Å². The number of thiophene rings is 1. The number of rotatable bonds is 7. The van der Waals surface area contributed by atoms with Gasteiger partial charge in [0.25, 0.3) is 0 Å². The minimum absolute atomic E-state index is 0. The smallest absolute Gasteiger partial charge is 0.188 e. The van der Waals surface area contributed by atoms with Crippen LogP contribution in [0.1, 0.15) is 16.0 Å². The van der Waals surface area contributed by atoms with Crippen molar-refractivity contribution in [2.75, 3.05) is 39.8 Å². The number of benzene rings is 1. The highest BCUT2D eigenvalue weighted by Crippen LogP contribution is 2.11. The highest BCUT2D eigenvalue weighted by Gasteiger charge is 2.13. The first-order valence-corrected chi connectivity index (χ1v) is 10.1. The lowest BCUT2D eigenvalue weighted by Gasteiger charge is -2.32. The molecule has 1 aromatic carbocycles. The van der Waals surface area contributed by atoms with E-state index in [0.29, 0.717) is 12.5 Å². The number of hydrogen-bond donors (Lipinski definition) is 2. The number of piperazine rings is 1. The van der Waals surface area contributed by atoms with Gasteiger partial charge in [-0.05, 0) is 36.0 Å². The number of likely N-dealkylation sites (N-methyl/N-ethyl adjacent to an activating group) is 1. The van der Waals surface area contributed by atoms with Crippen molar-refractivity contribution >= 4 is 41.3 Å². The Morgan fingerprint density at radius 1 is 1.11 bits per heavy atom. The van der Waals surface area contributed by atoms with Gasteiger partial charge in [-0.3, -0.25) is 4.90 Å². The van der Waals surface area contributed by atoms with Gasteiger partial charge < -0.3 is 16.0 Å². The van der Waals surface area contributed by atoms with Gasteiger partial charge in [0.1, 0.15) is 0 Å². The molecule has 0 atom stereocenters. The summed E-state index contributed by atoms with van der Waals surface area (Å²) in [6.45, 7) is 7.08. The third-order valence-electron chi connectivity index (χ3n) is 4.71. The molecule has 1 fully saturated rings. The molecule has 0 radical (unpaired) electrons. The van der Waals surface area contributed by atoms with E-state index in [0.717, 1.165) is 45.7 Å². The predicted molar refractivity (Wildman–Crippen MR) is 126 cm³/mol. The van der Waals surface area contributed by atoms with Crippen LogP contribution in [0, 0.1) is 0 Å². The van der Waals surface area contributed by atoms with Gasteiger partial charge in [-0.1, -0.05) is 30.3 Å². The Labute approximate surface area is 183 Å². The highest BCUT2D eigenvalue weighted by molar-refractivity contribution is 14.0. The SMILES string of the molecule is CN1CCN(Cc2ccc(CN=C(N)NCCc3cccs3)cc2)CC1.I. The summed E-state index contributed by atoms with van der Waals surface area (Å²) in [7, 11) is 2.19. The van der Waals surface area contributed by atoms with Crippen molar-refractivity contribution in [3.05, 3.63) is 57.8 Å². The molecule has 0 bridgehead atoms. The summed E-state index contributed by atoms with van der Waals surface area (Å²) in [5, 5.41) is 5.28. The van der Waals surface area contributed by atoms with Crippen LogP contribution in [-0.2, 0) is 19.5 Å². The van der Waals surface area contributed by atoms with Gasteiger partial charge in [0.2, 0.25) is 0 Å². The summed E-state index contributed by atoms with van der Waals surface area (Å²) >= 11 is 1.77. The highest BCUT2D eigenvalue weighted by atomic mass is 127. The molecule has 0 unspecified atom stereocenters. The standard InChI is InChI=1S/C20H29N5S.HI/c1-24-10-12-25(13-11-24)16-18-6-4-17(5-7-18)15-23-20(21)22-9-8-19-3-2-14-26-19;/h2-7,14H,8-13,15-16H2,1H3,(H3,21,22,23);1H. The van der Waals surface area contributed by atoms with E-state index in [9.17, 15) is 0 Å². The zero-order valence-corrected chi connectivity index (χ0v) is 19.1. The minimum atomic E-state index is 0. The normalized spacial score (nSPS) is 16.1. The van der Waals surface area contributed by atoms with Gasteiger partial charge >= 0.3 is 0 Å². The van der Waals surface area contributed by atoms with Crippen molar-refractivity contribution in [3.63, 3.8) is 0 Å². The zero-order valence-electron chi connectivity index (χ0n) is 15.9.